The van der Waals surface area contributed by atoms with Crippen molar-refractivity contribution in [1.29, 1.82) is 0 Å². The standard InChI is InChI=1S/C12H10N2O2S.2C2H6/c13-9-5-1-3-7-11(9)17-12-8-4-2-6-10(12)14(15)16;2*1-2/h1-8H,13H2;2*1-2H3. The number of nitro benzene ring substituents is 1. The zero-order chi connectivity index (χ0) is 16.3. The number of nitro groups is 1. The molecule has 0 aliphatic rings. The summed E-state index contributed by atoms with van der Waals surface area (Å²) in [4.78, 5) is 11.9. The van der Waals surface area contributed by atoms with E-state index in [0.717, 1.165) is 4.90 Å². The van der Waals surface area contributed by atoms with Crippen molar-refractivity contribution in [3.63, 3.8) is 0 Å². The maximum absolute atomic E-state index is 10.9. The van der Waals surface area contributed by atoms with E-state index in [1.165, 1.54) is 17.8 Å². The van der Waals surface area contributed by atoms with Gasteiger partial charge in [-0.15, -0.1) is 0 Å². The summed E-state index contributed by atoms with van der Waals surface area (Å²) in [6.07, 6.45) is 0. The third kappa shape index (κ3) is 5.87. The SMILES string of the molecule is CC.CC.Nc1ccccc1Sc1ccccc1[N+](=O)[O-]. The Morgan fingerprint density at radius 3 is 1.90 bits per heavy atom. The zero-order valence-electron chi connectivity index (χ0n) is 12.9. The number of hydrogen-bond acceptors (Lipinski definition) is 4. The summed E-state index contributed by atoms with van der Waals surface area (Å²) >= 11 is 1.30. The van der Waals surface area contributed by atoms with Gasteiger partial charge >= 0.3 is 0 Å². The fraction of sp³-hybridized carbons (Fsp3) is 0.250. The fourth-order valence-corrected chi connectivity index (χ4v) is 2.35. The lowest BCUT2D eigenvalue weighted by Crippen LogP contribution is -1.91. The van der Waals surface area contributed by atoms with Gasteiger partial charge in [0.1, 0.15) is 0 Å². The van der Waals surface area contributed by atoms with Crippen LogP contribution in [0.5, 0.6) is 0 Å². The highest BCUT2D eigenvalue weighted by molar-refractivity contribution is 7.99. The van der Waals surface area contributed by atoms with E-state index in [1.54, 1.807) is 24.3 Å². The molecule has 2 aromatic rings. The third-order valence-electron chi connectivity index (χ3n) is 2.20. The second kappa shape index (κ2) is 10.7. The van der Waals surface area contributed by atoms with Crippen molar-refractivity contribution in [1.82, 2.24) is 0 Å². The average molecular weight is 306 g/mol. The summed E-state index contributed by atoms with van der Waals surface area (Å²) in [5.41, 5.74) is 6.52. The van der Waals surface area contributed by atoms with E-state index in [9.17, 15) is 10.1 Å². The van der Waals surface area contributed by atoms with Gasteiger partial charge in [0.05, 0.1) is 9.82 Å². The van der Waals surface area contributed by atoms with E-state index in [2.05, 4.69) is 0 Å². The molecule has 0 amide bonds. The minimum Gasteiger partial charge on any atom is -0.398 e. The number of nitrogens with two attached hydrogens (primary N) is 1. The molecule has 0 unspecified atom stereocenters. The Hall–Kier alpha value is -2.01. The molecule has 0 heterocycles. The topological polar surface area (TPSA) is 69.2 Å². The van der Waals surface area contributed by atoms with Crippen molar-refractivity contribution in [2.75, 3.05) is 5.73 Å². The lowest BCUT2D eigenvalue weighted by Gasteiger charge is -2.05. The first-order chi connectivity index (χ1) is 10.2. The van der Waals surface area contributed by atoms with E-state index in [-0.39, 0.29) is 10.6 Å². The molecule has 2 rings (SSSR count). The van der Waals surface area contributed by atoms with Crippen molar-refractivity contribution in [3.05, 3.63) is 58.6 Å². The Labute approximate surface area is 130 Å². The van der Waals surface area contributed by atoms with E-state index in [1.807, 2.05) is 45.9 Å². The fourth-order valence-electron chi connectivity index (χ4n) is 1.39. The minimum atomic E-state index is -0.387. The van der Waals surface area contributed by atoms with Gasteiger partial charge in [-0.25, -0.2) is 0 Å². The lowest BCUT2D eigenvalue weighted by molar-refractivity contribution is -0.387. The van der Waals surface area contributed by atoms with Gasteiger partial charge in [-0.2, -0.15) is 0 Å². The van der Waals surface area contributed by atoms with E-state index >= 15 is 0 Å². The van der Waals surface area contributed by atoms with Gasteiger partial charge in [-0.3, -0.25) is 10.1 Å². The monoisotopic (exact) mass is 306 g/mol. The molecule has 2 aromatic carbocycles. The summed E-state index contributed by atoms with van der Waals surface area (Å²) in [7, 11) is 0. The number of rotatable bonds is 3. The smallest absolute Gasteiger partial charge is 0.283 e. The molecule has 0 atom stereocenters. The van der Waals surface area contributed by atoms with Gasteiger partial charge in [0.15, 0.2) is 0 Å². The zero-order valence-corrected chi connectivity index (χ0v) is 13.7. The number of para-hydroxylation sites is 2. The van der Waals surface area contributed by atoms with Crippen LogP contribution in [0.15, 0.2) is 58.3 Å². The first-order valence-corrected chi connectivity index (χ1v) is 7.76. The Bertz CT molecular complexity index is 559. The molecule has 0 bridgehead atoms. The Morgan fingerprint density at radius 2 is 1.38 bits per heavy atom. The molecule has 0 aliphatic carbocycles. The molecule has 0 saturated heterocycles. The minimum absolute atomic E-state index is 0.0979. The first kappa shape index (κ1) is 19.0. The molecule has 0 aliphatic heterocycles. The lowest BCUT2D eigenvalue weighted by atomic mass is 10.3. The van der Waals surface area contributed by atoms with Gasteiger partial charge in [0.25, 0.3) is 5.69 Å². The van der Waals surface area contributed by atoms with Crippen LogP contribution in [-0.2, 0) is 0 Å². The highest BCUT2D eigenvalue weighted by Crippen LogP contribution is 2.36. The van der Waals surface area contributed by atoms with Crippen LogP contribution in [0.2, 0.25) is 0 Å². The summed E-state index contributed by atoms with van der Waals surface area (Å²) in [5, 5.41) is 10.9. The third-order valence-corrected chi connectivity index (χ3v) is 3.36. The van der Waals surface area contributed by atoms with Crippen molar-refractivity contribution >= 4 is 23.1 Å². The van der Waals surface area contributed by atoms with Crippen LogP contribution in [0.4, 0.5) is 11.4 Å². The maximum Gasteiger partial charge on any atom is 0.283 e. The molecular weight excluding hydrogens is 284 g/mol. The predicted octanol–water partition coefficient (Wildman–Crippen LogP) is 5.38. The van der Waals surface area contributed by atoms with Gasteiger partial charge in [0, 0.05) is 16.6 Å². The van der Waals surface area contributed by atoms with Gasteiger partial charge in [-0.05, 0) is 18.2 Å². The second-order valence-electron chi connectivity index (χ2n) is 3.36. The molecule has 2 N–H and O–H groups in total. The predicted molar refractivity (Wildman–Crippen MR) is 90.8 cm³/mol. The van der Waals surface area contributed by atoms with Crippen molar-refractivity contribution in [2.24, 2.45) is 0 Å². The van der Waals surface area contributed by atoms with E-state index < -0.39 is 0 Å². The highest BCUT2D eigenvalue weighted by Gasteiger charge is 2.14. The average Bonchev–Trinajstić information content (AvgIpc) is 2.54. The molecule has 0 fully saturated rings. The van der Waals surface area contributed by atoms with Gasteiger partial charge < -0.3 is 5.73 Å². The molecule has 0 saturated carbocycles. The van der Waals surface area contributed by atoms with Gasteiger partial charge in [0.2, 0.25) is 0 Å². The summed E-state index contributed by atoms with van der Waals surface area (Å²) in [6, 6.07) is 13.9. The Morgan fingerprint density at radius 1 is 0.905 bits per heavy atom. The summed E-state index contributed by atoms with van der Waals surface area (Å²) < 4.78 is 0. The van der Waals surface area contributed by atoms with Crippen LogP contribution in [0.25, 0.3) is 0 Å². The molecule has 5 heteroatoms. The maximum atomic E-state index is 10.9. The van der Waals surface area contributed by atoms with E-state index in [0.29, 0.717) is 10.6 Å². The Balaban J connectivity index is 0.000000921. The van der Waals surface area contributed by atoms with Crippen LogP contribution in [0.3, 0.4) is 0 Å². The second-order valence-corrected chi connectivity index (χ2v) is 4.45. The summed E-state index contributed by atoms with van der Waals surface area (Å²) in [6.45, 7) is 8.00. The van der Waals surface area contributed by atoms with E-state index in [4.69, 9.17) is 5.73 Å². The van der Waals surface area contributed by atoms with Crippen molar-refractivity contribution < 1.29 is 4.92 Å². The number of hydrogen-bond donors (Lipinski definition) is 1. The largest absolute Gasteiger partial charge is 0.398 e. The number of benzene rings is 2. The molecule has 21 heavy (non-hydrogen) atoms. The molecule has 0 spiro atoms. The highest BCUT2D eigenvalue weighted by atomic mass is 32.2. The molecular formula is C16H22N2O2S. The molecule has 0 radical (unpaired) electrons. The van der Waals surface area contributed by atoms with Gasteiger partial charge in [-0.1, -0.05) is 63.7 Å². The van der Waals surface area contributed by atoms with Crippen LogP contribution in [-0.4, -0.2) is 4.92 Å². The van der Waals surface area contributed by atoms with Crippen LogP contribution in [0.1, 0.15) is 27.7 Å². The first-order valence-electron chi connectivity index (χ1n) is 6.94. The molecule has 4 nitrogen and oxygen atoms in total. The van der Waals surface area contributed by atoms with Crippen LogP contribution < -0.4 is 5.73 Å². The van der Waals surface area contributed by atoms with Crippen LogP contribution in [0, 0.1) is 10.1 Å². The Kier molecular flexibility index (Phi) is 9.71. The number of anilines is 1. The molecule has 114 valence electrons. The molecule has 0 aromatic heterocycles. The summed E-state index contributed by atoms with van der Waals surface area (Å²) in [5.74, 6) is 0. The normalized spacial score (nSPS) is 8.76. The number of nitrogen functional groups attached to an aromatic ring is 1. The number of nitrogens with zero attached hydrogens (tertiary/aromatic N) is 1. The quantitative estimate of drug-likeness (QED) is 0.469. The van der Waals surface area contributed by atoms with Crippen LogP contribution >= 0.6 is 11.8 Å². The van der Waals surface area contributed by atoms with Crippen molar-refractivity contribution in [2.45, 2.75) is 37.5 Å². The van der Waals surface area contributed by atoms with Crippen molar-refractivity contribution in [3.8, 4) is 0 Å².